The maximum Gasteiger partial charge on any atom is 0.305 e. The fourth-order valence-electron chi connectivity index (χ4n) is 6.78. The summed E-state index contributed by atoms with van der Waals surface area (Å²) in [5, 5.41) is 10.0. The van der Waals surface area contributed by atoms with Crippen LogP contribution in [0.4, 0.5) is 0 Å². The highest BCUT2D eigenvalue weighted by Gasteiger charge is 2.69. The lowest BCUT2D eigenvalue weighted by atomic mass is 9.68. The summed E-state index contributed by atoms with van der Waals surface area (Å²) >= 11 is 2.85. The summed E-state index contributed by atoms with van der Waals surface area (Å²) < 4.78 is 5.67. The third-order valence-electron chi connectivity index (χ3n) is 7.84. The molecule has 1 aromatic heterocycles. The number of aliphatic carboxylic acids is 1. The molecule has 7 atom stereocenters. The van der Waals surface area contributed by atoms with Gasteiger partial charge in [0.1, 0.15) is 5.75 Å². The Balaban J connectivity index is 1.43. The summed E-state index contributed by atoms with van der Waals surface area (Å²) in [6.07, 6.45) is 0.558. The molecule has 2 amide bonds. The van der Waals surface area contributed by atoms with Gasteiger partial charge in [-0.2, -0.15) is 0 Å². The van der Waals surface area contributed by atoms with Crippen molar-refractivity contribution in [2.45, 2.75) is 29.0 Å². The molecule has 4 aliphatic rings. The normalized spacial score (nSPS) is 33.7. The van der Waals surface area contributed by atoms with Crippen molar-refractivity contribution in [2.24, 2.45) is 29.6 Å². The highest BCUT2D eigenvalue weighted by atomic mass is 32.2. The molecule has 2 aliphatic heterocycles. The Labute approximate surface area is 197 Å². The van der Waals surface area contributed by atoms with Crippen LogP contribution in [0.3, 0.4) is 0 Å². The molecule has 3 fully saturated rings. The predicted octanol–water partition coefficient (Wildman–Crippen LogP) is 2.39. The lowest BCUT2D eigenvalue weighted by Gasteiger charge is -2.43. The number of likely N-dealkylation sites (tertiary alicyclic amines) is 1. The first-order valence-corrected chi connectivity index (χ1v) is 12.7. The molecule has 2 bridgehead atoms. The number of carboxylic acid groups (broad SMARTS) is 1. The molecule has 0 radical (unpaired) electrons. The second-order valence-corrected chi connectivity index (χ2v) is 11.4. The number of rotatable bonds is 5. The molecule has 172 valence electrons. The smallest absolute Gasteiger partial charge is 0.305 e. The van der Waals surface area contributed by atoms with Crippen LogP contribution in [0.5, 0.6) is 5.75 Å². The predicted molar refractivity (Wildman–Crippen MR) is 120 cm³/mol. The number of thiazole rings is 1. The number of para-hydroxylation sites is 1. The molecule has 6 rings (SSSR count). The molecular weight excluding hydrogens is 464 g/mol. The topological polar surface area (TPSA) is 117 Å². The number of amides is 2. The van der Waals surface area contributed by atoms with E-state index in [9.17, 15) is 19.2 Å². The Bertz CT molecular complexity index is 1240. The van der Waals surface area contributed by atoms with E-state index in [1.54, 1.807) is 18.9 Å². The molecular formula is C23H22N2O6S2. The third-order valence-corrected chi connectivity index (χ3v) is 10.4. The standard InChI is InChI=1S/C23H22N2O6S2/c1-31-12-5-3-2-4-9(12)14-15-10-8-11(18(15)32-20-19(14)33-23(30)24-20)17-16(10)21(28)25(22(17)29)7-6-13(26)27/h2-5,10-11,14-18H,6-8H2,1H3,(H,24,30)(H,26,27)/t10-,11+,14+,15-,16+,17+,18-/m1/s1. The van der Waals surface area contributed by atoms with Crippen LogP contribution in [0, 0.1) is 29.6 Å². The van der Waals surface area contributed by atoms with E-state index in [0.29, 0.717) is 0 Å². The minimum atomic E-state index is -1.02. The van der Waals surface area contributed by atoms with Gasteiger partial charge in [0.25, 0.3) is 0 Å². The van der Waals surface area contributed by atoms with Gasteiger partial charge in [0, 0.05) is 28.2 Å². The molecule has 2 aliphatic carbocycles. The number of methoxy groups -OCH3 is 1. The van der Waals surface area contributed by atoms with Crippen molar-refractivity contribution in [3.63, 3.8) is 0 Å². The number of ether oxygens (including phenoxy) is 1. The SMILES string of the molecule is COc1ccccc1[C@@H]1c2sc(=O)[nH]c2S[C@@H]2[C@H]3C[C@@H]([C@@H]4C(=O)N(CCC(=O)O)C(=O)[C@@H]34)[C@H]12. The number of fused-ring (bicyclic) bond motifs is 9. The Morgan fingerprint density at radius 3 is 2.64 bits per heavy atom. The van der Waals surface area contributed by atoms with E-state index in [1.165, 1.54) is 16.2 Å². The number of aromatic amines is 1. The molecule has 1 saturated heterocycles. The number of imide groups is 1. The number of thioether (sulfide) groups is 1. The summed E-state index contributed by atoms with van der Waals surface area (Å²) in [7, 11) is 1.63. The number of aromatic nitrogens is 1. The first-order valence-electron chi connectivity index (χ1n) is 11.0. The van der Waals surface area contributed by atoms with Crippen LogP contribution >= 0.6 is 23.1 Å². The van der Waals surface area contributed by atoms with Gasteiger partial charge in [0.05, 0.1) is 30.4 Å². The summed E-state index contributed by atoms with van der Waals surface area (Å²) in [5.41, 5.74) is 0.996. The number of H-pyrrole nitrogens is 1. The number of hydrogen-bond donors (Lipinski definition) is 2. The fraction of sp³-hybridized carbons (Fsp3) is 0.478. The minimum absolute atomic E-state index is 0.00374. The average molecular weight is 487 g/mol. The first kappa shape index (κ1) is 21.0. The van der Waals surface area contributed by atoms with Gasteiger partial charge < -0.3 is 14.8 Å². The lowest BCUT2D eigenvalue weighted by Crippen LogP contribution is -2.42. The number of hydrogen-bond acceptors (Lipinski definition) is 7. The number of nitrogens with zero attached hydrogens (tertiary/aromatic N) is 1. The Morgan fingerprint density at radius 1 is 1.18 bits per heavy atom. The monoisotopic (exact) mass is 486 g/mol. The second-order valence-electron chi connectivity index (χ2n) is 9.17. The van der Waals surface area contributed by atoms with E-state index < -0.39 is 17.8 Å². The molecule has 3 heterocycles. The molecule has 0 unspecified atom stereocenters. The molecule has 2 N–H and O–H groups in total. The van der Waals surface area contributed by atoms with Crippen molar-refractivity contribution in [3.8, 4) is 5.75 Å². The van der Waals surface area contributed by atoms with E-state index in [0.717, 1.165) is 27.6 Å². The molecule has 0 spiro atoms. The van der Waals surface area contributed by atoms with E-state index >= 15 is 0 Å². The van der Waals surface area contributed by atoms with E-state index in [4.69, 9.17) is 9.84 Å². The van der Waals surface area contributed by atoms with Gasteiger partial charge in [-0.15, -0.1) is 11.8 Å². The van der Waals surface area contributed by atoms with Gasteiger partial charge in [0.15, 0.2) is 0 Å². The van der Waals surface area contributed by atoms with Crippen LogP contribution in [0.2, 0.25) is 0 Å². The van der Waals surface area contributed by atoms with Gasteiger partial charge in [-0.3, -0.25) is 24.1 Å². The van der Waals surface area contributed by atoms with Crippen LogP contribution in [0.15, 0.2) is 34.1 Å². The van der Waals surface area contributed by atoms with Crippen molar-refractivity contribution >= 4 is 40.9 Å². The summed E-state index contributed by atoms with van der Waals surface area (Å²) in [6, 6.07) is 7.80. The second kappa shape index (κ2) is 7.46. The van der Waals surface area contributed by atoms with Crippen LogP contribution in [0.25, 0.3) is 0 Å². The quantitative estimate of drug-likeness (QED) is 0.623. The fourth-order valence-corrected chi connectivity index (χ4v) is 9.66. The zero-order chi connectivity index (χ0) is 23.0. The minimum Gasteiger partial charge on any atom is -0.496 e. The maximum absolute atomic E-state index is 13.3. The molecule has 33 heavy (non-hydrogen) atoms. The zero-order valence-electron chi connectivity index (χ0n) is 17.7. The molecule has 1 aromatic carbocycles. The largest absolute Gasteiger partial charge is 0.496 e. The van der Waals surface area contributed by atoms with Crippen molar-refractivity contribution in [1.29, 1.82) is 0 Å². The van der Waals surface area contributed by atoms with Gasteiger partial charge in [-0.05, 0) is 30.2 Å². The summed E-state index contributed by atoms with van der Waals surface area (Å²) in [5.74, 6) is -1.51. The van der Waals surface area contributed by atoms with Gasteiger partial charge in [-0.1, -0.05) is 29.5 Å². The third kappa shape index (κ3) is 2.89. The average Bonchev–Trinajstić information content (AvgIpc) is 3.51. The van der Waals surface area contributed by atoms with Crippen molar-refractivity contribution in [1.82, 2.24) is 9.88 Å². The van der Waals surface area contributed by atoms with Crippen LogP contribution in [-0.2, 0) is 14.4 Å². The van der Waals surface area contributed by atoms with Crippen LogP contribution in [0.1, 0.15) is 29.2 Å². The Hall–Kier alpha value is -2.59. The zero-order valence-corrected chi connectivity index (χ0v) is 19.4. The number of carboxylic acids is 1. The van der Waals surface area contributed by atoms with Crippen molar-refractivity contribution < 1.29 is 24.2 Å². The molecule has 2 aromatic rings. The van der Waals surface area contributed by atoms with Gasteiger partial charge in [-0.25, -0.2) is 0 Å². The lowest BCUT2D eigenvalue weighted by molar-refractivity contribution is -0.142. The first-order chi connectivity index (χ1) is 15.9. The van der Waals surface area contributed by atoms with Crippen molar-refractivity contribution in [3.05, 3.63) is 44.4 Å². The van der Waals surface area contributed by atoms with Crippen molar-refractivity contribution in [2.75, 3.05) is 13.7 Å². The van der Waals surface area contributed by atoms with Crippen LogP contribution in [-0.4, -0.2) is 51.7 Å². The Kier molecular flexibility index (Phi) is 4.74. The number of benzene rings is 1. The van der Waals surface area contributed by atoms with E-state index in [-0.39, 0.29) is 58.6 Å². The Morgan fingerprint density at radius 2 is 1.91 bits per heavy atom. The molecule has 2 saturated carbocycles. The highest BCUT2D eigenvalue weighted by Crippen LogP contribution is 2.68. The number of carbonyl (C=O) groups excluding carboxylic acids is 2. The van der Waals surface area contributed by atoms with E-state index in [1.807, 2.05) is 24.3 Å². The summed E-state index contributed by atoms with van der Waals surface area (Å²) in [4.78, 5) is 54.9. The van der Waals surface area contributed by atoms with Crippen LogP contribution < -0.4 is 9.61 Å². The maximum atomic E-state index is 13.3. The van der Waals surface area contributed by atoms with Gasteiger partial charge in [0.2, 0.25) is 11.8 Å². The number of nitrogens with one attached hydrogen (secondary N) is 1. The highest BCUT2D eigenvalue weighted by molar-refractivity contribution is 8.00. The number of carbonyl (C=O) groups is 3. The van der Waals surface area contributed by atoms with Gasteiger partial charge >= 0.3 is 10.8 Å². The molecule has 10 heteroatoms. The van der Waals surface area contributed by atoms with E-state index in [2.05, 4.69) is 4.98 Å². The molecule has 8 nitrogen and oxygen atoms in total. The summed E-state index contributed by atoms with van der Waals surface area (Å²) in [6.45, 7) is -0.0709.